The summed E-state index contributed by atoms with van der Waals surface area (Å²) in [4.78, 5) is 60.5. The molecule has 2 N–H and O–H groups in total. The van der Waals surface area contributed by atoms with Crippen LogP contribution in [0.25, 0.3) is 0 Å². The molecule has 0 amide bonds. The number of ether oxygens (including phenoxy) is 13. The summed E-state index contributed by atoms with van der Waals surface area (Å²) in [5.41, 5.74) is -3.29. The van der Waals surface area contributed by atoms with Crippen LogP contribution in [-0.2, 0) is 85.6 Å². The summed E-state index contributed by atoms with van der Waals surface area (Å²) < 4.78 is 77.0. The van der Waals surface area contributed by atoms with Crippen LogP contribution in [-0.4, -0.2) is 150 Å². The molecule has 6 saturated heterocycles. The highest BCUT2D eigenvalue weighted by Crippen LogP contribution is 2.69. The number of hydrogen-bond donors (Lipinski definition) is 2. The number of aliphatic hydroxyl groups is 2. The maximum Gasteiger partial charge on any atom is 0.350 e. The van der Waals surface area contributed by atoms with Crippen LogP contribution in [0.3, 0.4) is 0 Å². The quantitative estimate of drug-likeness (QED) is 0.172. The first-order chi connectivity index (χ1) is 32.0. The number of carbonyl (C=O) groups excluding carboxylic acids is 5. The van der Waals surface area contributed by atoms with Gasteiger partial charge in [0.25, 0.3) is 0 Å². The van der Waals surface area contributed by atoms with Crippen molar-refractivity contribution in [2.24, 2.45) is 46.3 Å². The molecule has 8 saturated carbocycles. The molecule has 6 aliphatic heterocycles. The summed E-state index contributed by atoms with van der Waals surface area (Å²) in [6.07, 6.45) is 1.64. The molecular weight excluding hydrogens is 897 g/mol. The molecule has 378 valence electrons. The highest BCUT2D eigenvalue weighted by molar-refractivity contribution is 5.82. The highest BCUT2D eigenvalue weighted by Gasteiger charge is 2.75. The van der Waals surface area contributed by atoms with Crippen molar-refractivity contribution in [1.82, 2.24) is 0 Å². The number of carbonyl (C=O) groups is 5. The minimum absolute atomic E-state index is 0.110. The minimum Gasteiger partial charge on any atom is -0.463 e. The normalized spacial score (nSPS) is 48.7. The van der Waals surface area contributed by atoms with Crippen LogP contribution < -0.4 is 0 Å². The molecule has 15 atom stereocenters. The van der Waals surface area contributed by atoms with Crippen LogP contribution in [0.2, 0.25) is 0 Å². The SMILES string of the molecule is CC(=O)OC1C(=O)OC2C3OC4(OC3OC12)C1CC2CC4CC(COC(=O)C(C)(C)O)(C2)C1.CCOC(C)OC1C(=O)OC2C3OC4(OC3OC12)C1CC2CC4CC(COC(=O)C(C)(C)O)(C2)C1. The second-order valence-electron chi connectivity index (χ2n) is 23.2. The third-order valence-corrected chi connectivity index (χ3v) is 17.2. The van der Waals surface area contributed by atoms with Gasteiger partial charge in [0, 0.05) is 48.0 Å². The van der Waals surface area contributed by atoms with E-state index in [1.54, 1.807) is 6.92 Å². The second-order valence-corrected chi connectivity index (χ2v) is 23.2. The van der Waals surface area contributed by atoms with Gasteiger partial charge in [-0.05, 0) is 118 Å². The van der Waals surface area contributed by atoms with E-state index in [0.29, 0.717) is 25.0 Å². The molecule has 14 fully saturated rings. The van der Waals surface area contributed by atoms with E-state index in [0.717, 1.165) is 64.2 Å². The largest absolute Gasteiger partial charge is 0.463 e. The summed E-state index contributed by atoms with van der Waals surface area (Å²) in [5.74, 6) is -2.91. The standard InChI is InChI=1S/C25H36O10.C23H30O10/c1-5-29-12(2)31-18-16-17(32-20(18)26)19-21(33-16)35-25(34-19)14-6-13-7-15(25)10-24(8-13,9-14)11-30-22(27)23(3,4)28;1-10(24)29-16-14-15(30-18(16)25)17-19(31-14)33-23(32-17)12-4-11-5-13(23)8-22(6-11,7-12)9-28-20(26)21(2,3)27/h12-19,21,28H,5-11H2,1-4H3;11-17,19,27H,4-9H2,1-3H3. The van der Waals surface area contributed by atoms with Crippen LogP contribution in [0.15, 0.2) is 0 Å². The van der Waals surface area contributed by atoms with Crippen molar-refractivity contribution in [2.45, 2.75) is 203 Å². The topological polar surface area (TPSA) is 246 Å². The van der Waals surface area contributed by atoms with Gasteiger partial charge in [0.05, 0.1) is 13.2 Å². The minimum atomic E-state index is -1.52. The lowest BCUT2D eigenvalue weighted by molar-refractivity contribution is -0.338. The Bertz CT molecular complexity index is 2030. The zero-order chi connectivity index (χ0) is 48.1. The van der Waals surface area contributed by atoms with Crippen molar-refractivity contribution in [2.75, 3.05) is 19.8 Å². The third kappa shape index (κ3) is 7.63. The Morgan fingerprint density at radius 2 is 1.04 bits per heavy atom. The average Bonchev–Trinajstić information content (AvgIpc) is 4.08. The van der Waals surface area contributed by atoms with E-state index >= 15 is 0 Å². The van der Waals surface area contributed by atoms with E-state index < -0.39 is 120 Å². The third-order valence-electron chi connectivity index (χ3n) is 17.2. The fourth-order valence-electron chi connectivity index (χ4n) is 15.0. The molecule has 0 radical (unpaired) electrons. The molecular formula is C48H66O20. The van der Waals surface area contributed by atoms with Crippen LogP contribution >= 0.6 is 0 Å². The fourth-order valence-corrected chi connectivity index (χ4v) is 15.0. The van der Waals surface area contributed by atoms with E-state index in [2.05, 4.69) is 0 Å². The van der Waals surface area contributed by atoms with Gasteiger partial charge in [0.1, 0.15) is 12.2 Å². The summed E-state index contributed by atoms with van der Waals surface area (Å²) in [5, 5.41) is 19.9. The molecule has 0 aromatic rings. The molecule has 14 rings (SSSR count). The van der Waals surface area contributed by atoms with Gasteiger partial charge in [0.15, 0.2) is 72.2 Å². The van der Waals surface area contributed by atoms with Gasteiger partial charge < -0.3 is 71.8 Å². The Hall–Kier alpha value is -3.05. The van der Waals surface area contributed by atoms with E-state index in [4.69, 9.17) is 61.6 Å². The van der Waals surface area contributed by atoms with Crippen molar-refractivity contribution in [1.29, 1.82) is 0 Å². The Morgan fingerprint density at radius 3 is 1.44 bits per heavy atom. The molecule has 2 spiro atoms. The second kappa shape index (κ2) is 16.2. The lowest BCUT2D eigenvalue weighted by Gasteiger charge is -2.62. The number of fused-ring (bicyclic) bond motifs is 6. The summed E-state index contributed by atoms with van der Waals surface area (Å²) >= 11 is 0. The fraction of sp³-hybridized carbons (Fsp3) is 0.896. The van der Waals surface area contributed by atoms with Gasteiger partial charge >= 0.3 is 29.8 Å². The van der Waals surface area contributed by atoms with Crippen molar-refractivity contribution >= 4 is 29.8 Å². The number of hydrogen-bond acceptors (Lipinski definition) is 20. The predicted molar refractivity (Wildman–Crippen MR) is 222 cm³/mol. The molecule has 14 aliphatic rings. The first-order valence-corrected chi connectivity index (χ1v) is 24.7. The van der Waals surface area contributed by atoms with E-state index in [9.17, 15) is 34.2 Å². The zero-order valence-corrected chi connectivity index (χ0v) is 39.8. The molecule has 0 aromatic heterocycles. The van der Waals surface area contributed by atoms with Crippen molar-refractivity contribution < 1.29 is 95.8 Å². The Labute approximate surface area is 394 Å². The van der Waals surface area contributed by atoms with Crippen LogP contribution in [0.1, 0.15) is 113 Å². The summed E-state index contributed by atoms with van der Waals surface area (Å²) in [6.45, 7) is 11.6. The van der Waals surface area contributed by atoms with E-state index in [1.165, 1.54) is 34.6 Å². The monoisotopic (exact) mass is 962 g/mol. The molecule has 20 heteroatoms. The molecule has 0 aromatic carbocycles. The van der Waals surface area contributed by atoms with Crippen LogP contribution in [0.5, 0.6) is 0 Å². The summed E-state index contributed by atoms with van der Waals surface area (Å²) in [7, 11) is 0. The number of rotatable bonds is 11. The molecule has 6 heterocycles. The maximum atomic E-state index is 12.5. The highest BCUT2D eigenvalue weighted by atomic mass is 16.9. The first kappa shape index (κ1) is 47.3. The van der Waals surface area contributed by atoms with Gasteiger partial charge in [0.2, 0.25) is 6.10 Å². The Morgan fingerprint density at radius 1 is 0.632 bits per heavy atom. The van der Waals surface area contributed by atoms with Gasteiger partial charge in [-0.1, -0.05) is 0 Å². The smallest absolute Gasteiger partial charge is 0.350 e. The first-order valence-electron chi connectivity index (χ1n) is 24.7. The molecule has 20 nitrogen and oxygen atoms in total. The van der Waals surface area contributed by atoms with Gasteiger partial charge in [-0.15, -0.1) is 0 Å². The average molecular weight is 963 g/mol. The Balaban J connectivity index is 0.000000149. The number of esters is 5. The predicted octanol–water partition coefficient (Wildman–Crippen LogP) is 2.48. The Kier molecular flexibility index (Phi) is 11.3. The van der Waals surface area contributed by atoms with E-state index in [1.807, 2.05) is 6.92 Å². The zero-order valence-electron chi connectivity index (χ0n) is 39.8. The summed E-state index contributed by atoms with van der Waals surface area (Å²) in [6, 6.07) is 0. The van der Waals surface area contributed by atoms with Gasteiger partial charge in [-0.25, -0.2) is 19.2 Å². The van der Waals surface area contributed by atoms with Crippen molar-refractivity contribution in [3.63, 3.8) is 0 Å². The molecule has 8 bridgehead atoms. The molecule has 15 unspecified atom stereocenters. The maximum absolute atomic E-state index is 12.5. The van der Waals surface area contributed by atoms with Crippen molar-refractivity contribution in [3.8, 4) is 0 Å². The van der Waals surface area contributed by atoms with Crippen LogP contribution in [0.4, 0.5) is 0 Å². The van der Waals surface area contributed by atoms with Gasteiger partial charge in [-0.3, -0.25) is 4.79 Å². The van der Waals surface area contributed by atoms with Crippen LogP contribution in [0, 0.1) is 46.3 Å². The lowest BCUT2D eigenvalue weighted by Crippen LogP contribution is -2.63. The van der Waals surface area contributed by atoms with E-state index in [-0.39, 0.29) is 41.1 Å². The van der Waals surface area contributed by atoms with Gasteiger partial charge in [-0.2, -0.15) is 0 Å². The molecule has 68 heavy (non-hydrogen) atoms. The molecule has 8 aliphatic carbocycles. The van der Waals surface area contributed by atoms with Crippen molar-refractivity contribution in [3.05, 3.63) is 0 Å². The lowest BCUT2D eigenvalue weighted by atomic mass is 9.47.